The minimum Gasteiger partial charge on any atom is -0.485 e. The van der Waals surface area contributed by atoms with Gasteiger partial charge in [-0.25, -0.2) is 4.98 Å². The van der Waals surface area contributed by atoms with Crippen molar-refractivity contribution in [3.05, 3.63) is 59.9 Å². The average Bonchev–Trinajstić information content (AvgIpc) is 3.08. The SMILES string of the molecule is N#Cc1cc(OC(c2ccccc2)[C@H]2CCNC2)ccn1. The number of ether oxygens (including phenoxy) is 1. The Bertz CT molecular complexity index is 630. The molecule has 2 atom stereocenters. The van der Waals surface area contributed by atoms with E-state index < -0.39 is 0 Å². The third-order valence-corrected chi connectivity index (χ3v) is 3.76. The van der Waals surface area contributed by atoms with E-state index in [1.807, 2.05) is 24.3 Å². The van der Waals surface area contributed by atoms with Gasteiger partial charge in [-0.3, -0.25) is 0 Å². The van der Waals surface area contributed by atoms with Crippen LogP contribution in [0.5, 0.6) is 5.75 Å². The molecule has 4 nitrogen and oxygen atoms in total. The maximum Gasteiger partial charge on any atom is 0.144 e. The first-order valence-electron chi connectivity index (χ1n) is 7.15. The Morgan fingerprint density at radius 3 is 2.86 bits per heavy atom. The summed E-state index contributed by atoms with van der Waals surface area (Å²) in [5.74, 6) is 1.13. The molecule has 2 aromatic rings. The average molecular weight is 279 g/mol. The number of hydrogen-bond acceptors (Lipinski definition) is 4. The van der Waals surface area contributed by atoms with Gasteiger partial charge in [-0.2, -0.15) is 5.26 Å². The molecule has 4 heteroatoms. The second kappa shape index (κ2) is 6.38. The van der Waals surface area contributed by atoms with E-state index in [-0.39, 0.29) is 6.10 Å². The third kappa shape index (κ3) is 3.21. The van der Waals surface area contributed by atoms with Gasteiger partial charge in [-0.15, -0.1) is 0 Å². The molecule has 1 fully saturated rings. The summed E-state index contributed by atoms with van der Waals surface area (Å²) >= 11 is 0. The predicted octanol–water partition coefficient (Wildman–Crippen LogP) is 2.68. The van der Waals surface area contributed by atoms with E-state index >= 15 is 0 Å². The Morgan fingerprint density at radius 2 is 2.14 bits per heavy atom. The maximum atomic E-state index is 8.95. The number of hydrogen-bond donors (Lipinski definition) is 1. The summed E-state index contributed by atoms with van der Waals surface area (Å²) in [5, 5.41) is 12.3. The summed E-state index contributed by atoms with van der Waals surface area (Å²) < 4.78 is 6.20. The molecule has 1 aromatic heterocycles. The van der Waals surface area contributed by atoms with Gasteiger partial charge in [0, 0.05) is 24.7 Å². The highest BCUT2D eigenvalue weighted by Gasteiger charge is 2.28. The number of nitriles is 1. The predicted molar refractivity (Wildman–Crippen MR) is 79.7 cm³/mol. The molecule has 3 rings (SSSR count). The minimum atomic E-state index is -0.00450. The Morgan fingerprint density at radius 1 is 1.29 bits per heavy atom. The van der Waals surface area contributed by atoms with Crippen LogP contribution in [0, 0.1) is 17.2 Å². The van der Waals surface area contributed by atoms with E-state index in [1.54, 1.807) is 18.3 Å². The second-order valence-corrected chi connectivity index (χ2v) is 5.19. The molecular formula is C17H17N3O. The summed E-state index contributed by atoms with van der Waals surface area (Å²) in [6.07, 6.45) is 2.70. The van der Waals surface area contributed by atoms with Crippen LogP contribution in [0.25, 0.3) is 0 Å². The van der Waals surface area contributed by atoms with E-state index in [2.05, 4.69) is 22.4 Å². The molecule has 0 bridgehead atoms. The van der Waals surface area contributed by atoms with Gasteiger partial charge in [0.15, 0.2) is 0 Å². The number of pyridine rings is 1. The molecule has 2 heterocycles. The van der Waals surface area contributed by atoms with Gasteiger partial charge >= 0.3 is 0 Å². The van der Waals surface area contributed by atoms with Crippen molar-refractivity contribution in [1.82, 2.24) is 10.3 Å². The van der Waals surface area contributed by atoms with Crippen molar-refractivity contribution < 1.29 is 4.74 Å². The van der Waals surface area contributed by atoms with E-state index in [4.69, 9.17) is 10.00 Å². The zero-order valence-corrected chi connectivity index (χ0v) is 11.7. The van der Waals surface area contributed by atoms with Gasteiger partial charge in [0.1, 0.15) is 23.6 Å². The number of nitrogens with zero attached hydrogens (tertiary/aromatic N) is 2. The molecule has 1 aliphatic rings. The van der Waals surface area contributed by atoms with Crippen molar-refractivity contribution in [2.24, 2.45) is 5.92 Å². The largest absolute Gasteiger partial charge is 0.485 e. The van der Waals surface area contributed by atoms with E-state index in [9.17, 15) is 0 Å². The molecule has 21 heavy (non-hydrogen) atoms. The van der Waals surface area contributed by atoms with E-state index in [1.165, 1.54) is 5.56 Å². The monoisotopic (exact) mass is 279 g/mol. The molecule has 106 valence electrons. The van der Waals surface area contributed by atoms with Crippen molar-refractivity contribution in [2.45, 2.75) is 12.5 Å². The lowest BCUT2D eigenvalue weighted by Gasteiger charge is -2.24. The highest BCUT2D eigenvalue weighted by Crippen LogP contribution is 2.31. The van der Waals surface area contributed by atoms with E-state index in [0.29, 0.717) is 17.4 Å². The Labute approximate surface area is 124 Å². The van der Waals surface area contributed by atoms with Gasteiger partial charge in [0.2, 0.25) is 0 Å². The molecule has 1 unspecified atom stereocenters. The molecule has 1 saturated heterocycles. The van der Waals surface area contributed by atoms with Gasteiger partial charge < -0.3 is 10.1 Å². The molecule has 0 spiro atoms. The molecule has 1 aliphatic heterocycles. The summed E-state index contributed by atoms with van der Waals surface area (Å²) in [6.45, 7) is 1.98. The van der Waals surface area contributed by atoms with Crippen molar-refractivity contribution in [3.8, 4) is 11.8 Å². The zero-order chi connectivity index (χ0) is 14.5. The smallest absolute Gasteiger partial charge is 0.144 e. The number of rotatable bonds is 4. The lowest BCUT2D eigenvalue weighted by molar-refractivity contribution is 0.144. The van der Waals surface area contributed by atoms with Crippen LogP contribution in [0.15, 0.2) is 48.7 Å². The van der Waals surface area contributed by atoms with Crippen molar-refractivity contribution in [3.63, 3.8) is 0 Å². The fourth-order valence-corrected chi connectivity index (χ4v) is 2.71. The minimum absolute atomic E-state index is 0.00450. The van der Waals surface area contributed by atoms with Crippen LogP contribution in [0.1, 0.15) is 23.8 Å². The van der Waals surface area contributed by atoms with Crippen molar-refractivity contribution >= 4 is 0 Å². The van der Waals surface area contributed by atoms with Crippen molar-refractivity contribution in [2.75, 3.05) is 13.1 Å². The van der Waals surface area contributed by atoms with Gasteiger partial charge in [-0.05, 0) is 24.6 Å². The maximum absolute atomic E-state index is 8.95. The van der Waals surface area contributed by atoms with Crippen molar-refractivity contribution in [1.29, 1.82) is 5.26 Å². The number of nitrogens with one attached hydrogen (secondary N) is 1. The highest BCUT2D eigenvalue weighted by molar-refractivity contribution is 5.31. The number of benzene rings is 1. The Hall–Kier alpha value is -2.38. The van der Waals surface area contributed by atoms with Crippen LogP contribution in [0.3, 0.4) is 0 Å². The summed E-state index contributed by atoms with van der Waals surface area (Å²) in [4.78, 5) is 3.98. The molecule has 0 amide bonds. The van der Waals surface area contributed by atoms with Crippen LogP contribution in [-0.4, -0.2) is 18.1 Å². The first-order chi connectivity index (χ1) is 10.4. The first kappa shape index (κ1) is 13.6. The molecule has 0 radical (unpaired) electrons. The first-order valence-corrected chi connectivity index (χ1v) is 7.15. The Balaban J connectivity index is 1.87. The van der Waals surface area contributed by atoms with Crippen LogP contribution in [0.2, 0.25) is 0 Å². The lowest BCUT2D eigenvalue weighted by atomic mass is 9.95. The fraction of sp³-hybridized carbons (Fsp3) is 0.294. The van der Waals surface area contributed by atoms with Crippen LogP contribution < -0.4 is 10.1 Å². The summed E-state index contributed by atoms with van der Waals surface area (Å²) in [6, 6.07) is 15.8. The highest BCUT2D eigenvalue weighted by atomic mass is 16.5. The zero-order valence-electron chi connectivity index (χ0n) is 11.7. The molecule has 1 aromatic carbocycles. The second-order valence-electron chi connectivity index (χ2n) is 5.19. The van der Waals surface area contributed by atoms with Crippen LogP contribution >= 0.6 is 0 Å². The van der Waals surface area contributed by atoms with Crippen LogP contribution in [0.4, 0.5) is 0 Å². The molecular weight excluding hydrogens is 262 g/mol. The molecule has 0 aliphatic carbocycles. The molecule has 1 N–H and O–H groups in total. The third-order valence-electron chi connectivity index (χ3n) is 3.76. The number of aromatic nitrogens is 1. The van der Waals surface area contributed by atoms with Crippen LogP contribution in [-0.2, 0) is 0 Å². The standard InChI is InChI=1S/C17H17N3O/c18-11-15-10-16(7-9-20-15)21-17(14-6-8-19-12-14)13-4-2-1-3-5-13/h1-5,7,9-10,14,17,19H,6,8,12H2/t14-,17?/m0/s1. The fourth-order valence-electron chi connectivity index (χ4n) is 2.71. The van der Waals surface area contributed by atoms with E-state index in [0.717, 1.165) is 19.5 Å². The normalized spacial score (nSPS) is 18.9. The lowest BCUT2D eigenvalue weighted by Crippen LogP contribution is -2.21. The topological polar surface area (TPSA) is 57.9 Å². The summed E-state index contributed by atoms with van der Waals surface area (Å²) in [7, 11) is 0. The molecule has 0 saturated carbocycles. The van der Waals surface area contributed by atoms with Gasteiger partial charge in [-0.1, -0.05) is 30.3 Å². The van der Waals surface area contributed by atoms with Gasteiger partial charge in [0.25, 0.3) is 0 Å². The summed E-state index contributed by atoms with van der Waals surface area (Å²) in [5.41, 5.74) is 1.55. The Kier molecular flexibility index (Phi) is 4.13. The quantitative estimate of drug-likeness (QED) is 0.934. The van der Waals surface area contributed by atoms with Gasteiger partial charge in [0.05, 0.1) is 0 Å².